The third kappa shape index (κ3) is 2.32. The maximum atomic E-state index is 9.53. The number of aliphatic hydroxyl groups is 1. The van der Waals surface area contributed by atoms with Crippen molar-refractivity contribution in [2.75, 3.05) is 13.1 Å². The van der Waals surface area contributed by atoms with E-state index >= 15 is 0 Å². The Balaban J connectivity index is 2.47. The number of aromatic nitrogens is 2. The van der Waals surface area contributed by atoms with Gasteiger partial charge in [0, 0.05) is 19.8 Å². The van der Waals surface area contributed by atoms with Crippen molar-refractivity contribution in [3.8, 4) is 0 Å². The van der Waals surface area contributed by atoms with Crippen LogP contribution in [0.2, 0.25) is 0 Å². The number of aryl methyl sites for hydroxylation is 1. The molecule has 12 heavy (non-hydrogen) atoms. The number of aliphatic hydroxyl groups excluding tert-OH is 1. The largest absolute Gasteiger partial charge is 0.385 e. The SMILES string of the molecule is CCNCC(O)c1ccn(C)n1. The first-order chi connectivity index (χ1) is 5.74. The number of rotatable bonds is 4. The zero-order valence-electron chi connectivity index (χ0n) is 7.49. The molecular weight excluding hydrogens is 154 g/mol. The molecule has 0 amide bonds. The van der Waals surface area contributed by atoms with Crippen LogP contribution in [0.1, 0.15) is 18.7 Å². The van der Waals surface area contributed by atoms with E-state index in [4.69, 9.17) is 0 Å². The van der Waals surface area contributed by atoms with Gasteiger partial charge in [-0.05, 0) is 12.6 Å². The molecule has 1 aromatic rings. The molecule has 0 aliphatic heterocycles. The summed E-state index contributed by atoms with van der Waals surface area (Å²) in [5, 5.41) is 16.7. The van der Waals surface area contributed by atoms with Gasteiger partial charge in [0.1, 0.15) is 6.10 Å². The summed E-state index contributed by atoms with van der Waals surface area (Å²) in [5.74, 6) is 0. The molecule has 0 aliphatic carbocycles. The maximum absolute atomic E-state index is 9.53. The van der Waals surface area contributed by atoms with Crippen molar-refractivity contribution in [1.29, 1.82) is 0 Å². The van der Waals surface area contributed by atoms with E-state index in [-0.39, 0.29) is 0 Å². The van der Waals surface area contributed by atoms with E-state index in [2.05, 4.69) is 10.4 Å². The summed E-state index contributed by atoms with van der Waals surface area (Å²) in [5.41, 5.74) is 0.721. The number of nitrogens with zero attached hydrogens (tertiary/aromatic N) is 2. The van der Waals surface area contributed by atoms with Crippen molar-refractivity contribution < 1.29 is 5.11 Å². The second-order valence-corrected chi connectivity index (χ2v) is 2.74. The Bertz CT molecular complexity index is 234. The first-order valence-corrected chi connectivity index (χ1v) is 4.12. The zero-order valence-corrected chi connectivity index (χ0v) is 7.49. The molecule has 0 aliphatic rings. The minimum Gasteiger partial charge on any atom is -0.385 e. The van der Waals surface area contributed by atoms with E-state index in [0.29, 0.717) is 6.54 Å². The second-order valence-electron chi connectivity index (χ2n) is 2.74. The molecule has 0 saturated heterocycles. The molecule has 0 saturated carbocycles. The lowest BCUT2D eigenvalue weighted by Gasteiger charge is -2.06. The molecule has 2 N–H and O–H groups in total. The summed E-state index contributed by atoms with van der Waals surface area (Å²) in [6.45, 7) is 3.43. The van der Waals surface area contributed by atoms with Crippen LogP contribution in [0.3, 0.4) is 0 Å². The van der Waals surface area contributed by atoms with Gasteiger partial charge in [0.2, 0.25) is 0 Å². The van der Waals surface area contributed by atoms with E-state index in [1.807, 2.05) is 26.2 Å². The Hall–Kier alpha value is -0.870. The Morgan fingerprint density at radius 2 is 2.50 bits per heavy atom. The summed E-state index contributed by atoms with van der Waals surface area (Å²) in [6, 6.07) is 1.82. The highest BCUT2D eigenvalue weighted by atomic mass is 16.3. The third-order valence-corrected chi connectivity index (χ3v) is 1.66. The molecule has 1 aromatic heterocycles. The molecule has 4 heteroatoms. The van der Waals surface area contributed by atoms with Gasteiger partial charge >= 0.3 is 0 Å². The van der Waals surface area contributed by atoms with Crippen molar-refractivity contribution in [3.05, 3.63) is 18.0 Å². The highest BCUT2D eigenvalue weighted by Gasteiger charge is 2.08. The van der Waals surface area contributed by atoms with Crippen LogP contribution >= 0.6 is 0 Å². The van der Waals surface area contributed by atoms with Crippen molar-refractivity contribution in [2.45, 2.75) is 13.0 Å². The fraction of sp³-hybridized carbons (Fsp3) is 0.625. The van der Waals surface area contributed by atoms with E-state index in [1.54, 1.807) is 4.68 Å². The van der Waals surface area contributed by atoms with Gasteiger partial charge in [-0.1, -0.05) is 6.92 Å². The first-order valence-electron chi connectivity index (χ1n) is 4.12. The molecule has 0 spiro atoms. The molecule has 0 fully saturated rings. The predicted octanol–water partition coefficient (Wildman–Crippen LogP) is 0.0630. The molecule has 0 aromatic carbocycles. The smallest absolute Gasteiger partial charge is 0.110 e. The van der Waals surface area contributed by atoms with Gasteiger partial charge in [-0.15, -0.1) is 0 Å². The Morgan fingerprint density at radius 1 is 1.75 bits per heavy atom. The van der Waals surface area contributed by atoms with Gasteiger partial charge < -0.3 is 10.4 Å². The number of hydrogen-bond acceptors (Lipinski definition) is 3. The standard InChI is InChI=1S/C8H15N3O/c1-3-9-6-8(12)7-4-5-11(2)10-7/h4-5,8-9,12H,3,6H2,1-2H3. The van der Waals surface area contributed by atoms with Gasteiger partial charge in [-0.3, -0.25) is 4.68 Å². The molecule has 1 atom stereocenters. The first kappa shape index (κ1) is 9.22. The average Bonchev–Trinajstić information content (AvgIpc) is 2.47. The van der Waals surface area contributed by atoms with Gasteiger partial charge in [0.25, 0.3) is 0 Å². The van der Waals surface area contributed by atoms with Gasteiger partial charge in [0.15, 0.2) is 0 Å². The van der Waals surface area contributed by atoms with Crippen LogP contribution in [0.5, 0.6) is 0 Å². The molecule has 0 bridgehead atoms. The Morgan fingerprint density at radius 3 is 3.00 bits per heavy atom. The number of likely N-dealkylation sites (N-methyl/N-ethyl adjacent to an activating group) is 1. The minimum atomic E-state index is -0.494. The molecule has 1 heterocycles. The molecule has 1 unspecified atom stereocenters. The summed E-state index contributed by atoms with van der Waals surface area (Å²) < 4.78 is 1.69. The predicted molar refractivity (Wildman–Crippen MR) is 46.7 cm³/mol. The molecule has 0 radical (unpaired) electrons. The maximum Gasteiger partial charge on any atom is 0.110 e. The monoisotopic (exact) mass is 169 g/mol. The fourth-order valence-electron chi connectivity index (χ4n) is 0.996. The van der Waals surface area contributed by atoms with Crippen molar-refractivity contribution >= 4 is 0 Å². The highest BCUT2D eigenvalue weighted by Crippen LogP contribution is 2.07. The average molecular weight is 169 g/mol. The normalized spacial score (nSPS) is 13.2. The van der Waals surface area contributed by atoms with Crippen LogP contribution in [0.25, 0.3) is 0 Å². The molecular formula is C8H15N3O. The summed E-state index contributed by atoms with van der Waals surface area (Å²) >= 11 is 0. The van der Waals surface area contributed by atoms with Crippen LogP contribution in [0.4, 0.5) is 0 Å². The van der Waals surface area contributed by atoms with Crippen molar-refractivity contribution in [1.82, 2.24) is 15.1 Å². The van der Waals surface area contributed by atoms with E-state index in [9.17, 15) is 5.11 Å². The lowest BCUT2D eigenvalue weighted by atomic mass is 10.2. The van der Waals surface area contributed by atoms with E-state index < -0.39 is 6.10 Å². The van der Waals surface area contributed by atoms with Gasteiger partial charge in [-0.25, -0.2) is 0 Å². The number of hydrogen-bond donors (Lipinski definition) is 2. The molecule has 1 rings (SSSR count). The van der Waals surface area contributed by atoms with E-state index in [1.165, 1.54) is 0 Å². The lowest BCUT2D eigenvalue weighted by molar-refractivity contribution is 0.170. The van der Waals surface area contributed by atoms with Crippen LogP contribution in [0.15, 0.2) is 12.3 Å². The van der Waals surface area contributed by atoms with Crippen LogP contribution in [-0.2, 0) is 7.05 Å². The third-order valence-electron chi connectivity index (χ3n) is 1.66. The summed E-state index contributed by atoms with van der Waals surface area (Å²) in [6.07, 6.45) is 1.33. The minimum absolute atomic E-state index is 0.494. The van der Waals surface area contributed by atoms with Crippen LogP contribution in [-0.4, -0.2) is 28.0 Å². The van der Waals surface area contributed by atoms with E-state index in [0.717, 1.165) is 12.2 Å². The number of nitrogens with one attached hydrogen (secondary N) is 1. The highest BCUT2D eigenvalue weighted by molar-refractivity contribution is 5.02. The topological polar surface area (TPSA) is 50.1 Å². The second kappa shape index (κ2) is 4.23. The van der Waals surface area contributed by atoms with Crippen molar-refractivity contribution in [2.24, 2.45) is 7.05 Å². The Labute approximate surface area is 72.2 Å². The zero-order chi connectivity index (χ0) is 8.97. The summed E-state index contributed by atoms with van der Waals surface area (Å²) in [4.78, 5) is 0. The fourth-order valence-corrected chi connectivity index (χ4v) is 0.996. The quantitative estimate of drug-likeness (QED) is 0.670. The Kier molecular flexibility index (Phi) is 3.25. The van der Waals surface area contributed by atoms with Gasteiger partial charge in [0.05, 0.1) is 5.69 Å². The molecule has 68 valence electrons. The van der Waals surface area contributed by atoms with Crippen molar-refractivity contribution in [3.63, 3.8) is 0 Å². The van der Waals surface area contributed by atoms with Gasteiger partial charge in [-0.2, -0.15) is 5.10 Å². The van der Waals surface area contributed by atoms with Crippen LogP contribution in [0, 0.1) is 0 Å². The van der Waals surface area contributed by atoms with Crippen LogP contribution < -0.4 is 5.32 Å². The molecule has 4 nitrogen and oxygen atoms in total. The lowest BCUT2D eigenvalue weighted by Crippen LogP contribution is -2.21. The summed E-state index contributed by atoms with van der Waals surface area (Å²) in [7, 11) is 1.84.